The van der Waals surface area contributed by atoms with Crippen LogP contribution in [0, 0.1) is 6.92 Å². The molecule has 0 fully saturated rings. The first-order chi connectivity index (χ1) is 8.63. The van der Waals surface area contributed by atoms with Gasteiger partial charge in [0.1, 0.15) is 5.76 Å². The topological polar surface area (TPSA) is 59.7 Å². The summed E-state index contributed by atoms with van der Waals surface area (Å²) >= 11 is 0. The summed E-state index contributed by atoms with van der Waals surface area (Å²) < 4.78 is 10.9. The Balaban J connectivity index is 2.43. The minimum Gasteiger partial charge on any atom is -0.479 e. The van der Waals surface area contributed by atoms with Gasteiger partial charge in [-0.25, -0.2) is 4.79 Å². The highest BCUT2D eigenvalue weighted by Gasteiger charge is 2.14. The fraction of sp³-hybridized carbons (Fsp3) is 0.357. The molecule has 0 aliphatic rings. The second-order valence-electron chi connectivity index (χ2n) is 4.20. The zero-order chi connectivity index (χ0) is 13.1. The van der Waals surface area contributed by atoms with Crippen LogP contribution >= 0.6 is 0 Å². The molecule has 0 aliphatic heterocycles. The van der Waals surface area contributed by atoms with E-state index in [-0.39, 0.29) is 6.61 Å². The summed E-state index contributed by atoms with van der Waals surface area (Å²) in [6, 6.07) is 5.56. The van der Waals surface area contributed by atoms with Crippen molar-refractivity contribution < 1.29 is 19.1 Å². The molecule has 0 unspecified atom stereocenters. The molecule has 1 heterocycles. The molecule has 0 aliphatic carbocycles. The molecular formula is C14H16O4. The van der Waals surface area contributed by atoms with Crippen LogP contribution in [0.15, 0.2) is 22.6 Å². The third kappa shape index (κ3) is 2.32. The lowest BCUT2D eigenvalue weighted by Crippen LogP contribution is -2.09. The van der Waals surface area contributed by atoms with Crippen LogP contribution in [-0.4, -0.2) is 17.7 Å². The van der Waals surface area contributed by atoms with Gasteiger partial charge in [0, 0.05) is 10.9 Å². The number of fused-ring (bicyclic) bond motifs is 1. The van der Waals surface area contributed by atoms with E-state index in [2.05, 4.69) is 6.92 Å². The minimum absolute atomic E-state index is 0.359. The quantitative estimate of drug-likeness (QED) is 0.882. The molecule has 4 nitrogen and oxygen atoms in total. The fourth-order valence-electron chi connectivity index (χ4n) is 2.08. The van der Waals surface area contributed by atoms with Gasteiger partial charge in [0.15, 0.2) is 17.9 Å². The SMILES string of the molecule is CCCc1c(C)oc2c(OCC(=O)O)cccc12. The van der Waals surface area contributed by atoms with E-state index in [9.17, 15) is 4.79 Å². The van der Waals surface area contributed by atoms with Crippen molar-refractivity contribution in [2.45, 2.75) is 26.7 Å². The Hall–Kier alpha value is -1.97. The Labute approximate surface area is 105 Å². The summed E-state index contributed by atoms with van der Waals surface area (Å²) in [4.78, 5) is 10.5. The van der Waals surface area contributed by atoms with E-state index in [4.69, 9.17) is 14.3 Å². The molecule has 0 saturated carbocycles. The standard InChI is InChI=1S/C14H16O4/c1-3-5-10-9(2)18-14-11(10)6-4-7-12(14)17-8-13(15)16/h4,6-7H,3,5,8H2,1-2H3,(H,15,16). The maximum atomic E-state index is 10.5. The average Bonchev–Trinajstić information content (AvgIpc) is 2.65. The number of furan rings is 1. The minimum atomic E-state index is -0.996. The highest BCUT2D eigenvalue weighted by molar-refractivity contribution is 5.87. The maximum Gasteiger partial charge on any atom is 0.341 e. The van der Waals surface area contributed by atoms with Crippen LogP contribution in [0.1, 0.15) is 24.7 Å². The van der Waals surface area contributed by atoms with Crippen molar-refractivity contribution in [3.05, 3.63) is 29.5 Å². The van der Waals surface area contributed by atoms with E-state index >= 15 is 0 Å². The van der Waals surface area contributed by atoms with E-state index in [1.54, 1.807) is 6.07 Å². The van der Waals surface area contributed by atoms with Crippen LogP contribution in [0.3, 0.4) is 0 Å². The molecular weight excluding hydrogens is 232 g/mol. The van der Waals surface area contributed by atoms with Gasteiger partial charge >= 0.3 is 5.97 Å². The molecule has 2 rings (SSSR count). The van der Waals surface area contributed by atoms with Crippen LogP contribution in [-0.2, 0) is 11.2 Å². The lowest BCUT2D eigenvalue weighted by atomic mass is 10.1. The molecule has 0 bridgehead atoms. The van der Waals surface area contributed by atoms with E-state index in [1.807, 2.05) is 19.1 Å². The van der Waals surface area contributed by atoms with E-state index in [0.29, 0.717) is 11.3 Å². The number of hydrogen-bond donors (Lipinski definition) is 1. The number of carboxylic acids is 1. The highest BCUT2D eigenvalue weighted by atomic mass is 16.5. The molecule has 96 valence electrons. The molecule has 1 aromatic heterocycles. The van der Waals surface area contributed by atoms with Crippen molar-refractivity contribution in [2.75, 3.05) is 6.61 Å². The number of ether oxygens (including phenoxy) is 1. The third-order valence-corrected chi connectivity index (χ3v) is 2.84. The first-order valence-electron chi connectivity index (χ1n) is 5.99. The van der Waals surface area contributed by atoms with Gasteiger partial charge in [-0.2, -0.15) is 0 Å². The monoisotopic (exact) mass is 248 g/mol. The smallest absolute Gasteiger partial charge is 0.341 e. The van der Waals surface area contributed by atoms with Gasteiger partial charge in [0.25, 0.3) is 0 Å². The largest absolute Gasteiger partial charge is 0.479 e. The first kappa shape index (κ1) is 12.5. The Morgan fingerprint density at radius 2 is 2.22 bits per heavy atom. The van der Waals surface area contributed by atoms with Gasteiger partial charge in [0.2, 0.25) is 0 Å². The van der Waals surface area contributed by atoms with Crippen molar-refractivity contribution in [1.82, 2.24) is 0 Å². The van der Waals surface area contributed by atoms with E-state index in [0.717, 1.165) is 24.0 Å². The second-order valence-corrected chi connectivity index (χ2v) is 4.20. The predicted molar refractivity (Wildman–Crippen MR) is 68.1 cm³/mol. The fourth-order valence-corrected chi connectivity index (χ4v) is 2.08. The average molecular weight is 248 g/mol. The Kier molecular flexibility index (Phi) is 3.55. The summed E-state index contributed by atoms with van der Waals surface area (Å²) in [7, 11) is 0. The van der Waals surface area contributed by atoms with Crippen LogP contribution in [0.5, 0.6) is 5.75 Å². The number of aryl methyl sites for hydroxylation is 2. The maximum absolute atomic E-state index is 10.5. The zero-order valence-electron chi connectivity index (χ0n) is 10.5. The summed E-state index contributed by atoms with van der Waals surface area (Å²) in [5.41, 5.74) is 1.81. The molecule has 18 heavy (non-hydrogen) atoms. The molecule has 4 heteroatoms. The Morgan fingerprint density at radius 1 is 1.44 bits per heavy atom. The van der Waals surface area contributed by atoms with Gasteiger partial charge < -0.3 is 14.3 Å². The molecule has 0 amide bonds. The Morgan fingerprint density at radius 3 is 2.89 bits per heavy atom. The zero-order valence-corrected chi connectivity index (χ0v) is 10.5. The van der Waals surface area contributed by atoms with Crippen molar-refractivity contribution in [3.63, 3.8) is 0 Å². The number of hydrogen-bond acceptors (Lipinski definition) is 3. The van der Waals surface area contributed by atoms with Gasteiger partial charge in [0.05, 0.1) is 0 Å². The van der Waals surface area contributed by atoms with Crippen molar-refractivity contribution >= 4 is 16.9 Å². The highest BCUT2D eigenvalue weighted by Crippen LogP contribution is 2.33. The van der Waals surface area contributed by atoms with Gasteiger partial charge in [-0.05, 0) is 19.4 Å². The molecule has 2 aromatic rings. The number of para-hydroxylation sites is 1. The van der Waals surface area contributed by atoms with E-state index in [1.165, 1.54) is 5.56 Å². The predicted octanol–water partition coefficient (Wildman–Crippen LogP) is 3.16. The van der Waals surface area contributed by atoms with Gasteiger partial charge in [-0.3, -0.25) is 0 Å². The summed E-state index contributed by atoms with van der Waals surface area (Å²) in [5.74, 6) is 0.364. The van der Waals surface area contributed by atoms with Crippen molar-refractivity contribution in [3.8, 4) is 5.75 Å². The van der Waals surface area contributed by atoms with Crippen LogP contribution in [0.4, 0.5) is 0 Å². The first-order valence-corrected chi connectivity index (χ1v) is 5.99. The third-order valence-electron chi connectivity index (χ3n) is 2.84. The molecule has 0 saturated heterocycles. The lowest BCUT2D eigenvalue weighted by Gasteiger charge is -2.03. The van der Waals surface area contributed by atoms with Crippen LogP contribution < -0.4 is 4.74 Å². The van der Waals surface area contributed by atoms with Crippen molar-refractivity contribution in [1.29, 1.82) is 0 Å². The molecule has 0 atom stereocenters. The molecule has 1 aromatic carbocycles. The molecule has 0 spiro atoms. The summed E-state index contributed by atoms with van der Waals surface area (Å²) in [6.07, 6.45) is 1.98. The number of carbonyl (C=O) groups is 1. The Bertz CT molecular complexity index is 568. The number of benzene rings is 1. The molecule has 1 N–H and O–H groups in total. The summed E-state index contributed by atoms with van der Waals surface area (Å²) in [6.45, 7) is 3.68. The summed E-state index contributed by atoms with van der Waals surface area (Å²) in [5, 5.41) is 9.65. The molecule has 0 radical (unpaired) electrons. The lowest BCUT2D eigenvalue weighted by molar-refractivity contribution is -0.139. The van der Waals surface area contributed by atoms with E-state index < -0.39 is 5.97 Å². The van der Waals surface area contributed by atoms with Crippen molar-refractivity contribution in [2.24, 2.45) is 0 Å². The number of aliphatic carboxylic acids is 1. The number of carboxylic acid groups (broad SMARTS) is 1. The van der Waals surface area contributed by atoms with Gasteiger partial charge in [-0.15, -0.1) is 0 Å². The number of rotatable bonds is 5. The van der Waals surface area contributed by atoms with Gasteiger partial charge in [-0.1, -0.05) is 25.5 Å². The van der Waals surface area contributed by atoms with Crippen LogP contribution in [0.2, 0.25) is 0 Å². The normalized spacial score (nSPS) is 10.8. The second kappa shape index (κ2) is 5.12. The van der Waals surface area contributed by atoms with Crippen LogP contribution in [0.25, 0.3) is 11.0 Å².